The molecular weight excluding hydrogens is 156 g/mol. The van der Waals surface area contributed by atoms with Gasteiger partial charge in [0.05, 0.1) is 5.60 Å². The maximum absolute atomic E-state index is 5.89. The summed E-state index contributed by atoms with van der Waals surface area (Å²) in [5.74, 6) is 0. The maximum atomic E-state index is 5.89. The molecule has 2 nitrogen and oxygen atoms in total. The summed E-state index contributed by atoms with van der Waals surface area (Å²) in [6, 6.07) is 1.15. The van der Waals surface area contributed by atoms with Gasteiger partial charge in [-0.15, -0.1) is 0 Å². The molecule has 0 radical (unpaired) electrons. The third-order valence-electron chi connectivity index (χ3n) is 2.12. The molecule has 0 aromatic rings. The predicted octanol–water partition coefficient (Wildman–Crippen LogP) is 2.29. The van der Waals surface area contributed by atoms with Gasteiger partial charge in [0, 0.05) is 6.61 Å². The average Bonchev–Trinajstić information content (AvgIpc) is 2.07. The molecule has 66 valence electrons. The molecule has 0 N–H and O–H groups in total. The summed E-state index contributed by atoms with van der Waals surface area (Å²) in [5.41, 5.74) is 0.0656. The second kappa shape index (κ2) is 2.88. The van der Waals surface area contributed by atoms with Crippen molar-refractivity contribution >= 4 is 8.56 Å². The number of rotatable bonds is 2. The van der Waals surface area contributed by atoms with Crippen molar-refractivity contribution in [2.24, 2.45) is 0 Å². The van der Waals surface area contributed by atoms with E-state index >= 15 is 0 Å². The van der Waals surface area contributed by atoms with Crippen LogP contribution < -0.4 is 0 Å². The van der Waals surface area contributed by atoms with Crippen molar-refractivity contribution in [3.8, 4) is 0 Å². The lowest BCUT2D eigenvalue weighted by Gasteiger charge is -2.25. The highest BCUT2D eigenvalue weighted by molar-refractivity contribution is 6.66. The first-order valence-electron chi connectivity index (χ1n) is 4.32. The van der Waals surface area contributed by atoms with E-state index in [1.54, 1.807) is 0 Å². The third kappa shape index (κ3) is 2.29. The summed E-state index contributed by atoms with van der Waals surface area (Å²) in [6.45, 7) is 9.27. The van der Waals surface area contributed by atoms with Crippen molar-refractivity contribution < 1.29 is 8.85 Å². The van der Waals surface area contributed by atoms with E-state index in [2.05, 4.69) is 20.4 Å². The second-order valence-corrected chi connectivity index (χ2v) is 7.19. The summed E-state index contributed by atoms with van der Waals surface area (Å²) in [7, 11) is -1.72. The van der Waals surface area contributed by atoms with Crippen molar-refractivity contribution in [3.63, 3.8) is 0 Å². The Morgan fingerprint density at radius 1 is 1.55 bits per heavy atom. The van der Waals surface area contributed by atoms with Crippen LogP contribution in [0.5, 0.6) is 0 Å². The molecule has 0 saturated carbocycles. The minimum absolute atomic E-state index is 0.0656. The SMILES string of the molecule is CCO[Si]1(C)CCC(C)(C)O1. The molecule has 0 aromatic heterocycles. The lowest BCUT2D eigenvalue weighted by molar-refractivity contribution is 0.0874. The Morgan fingerprint density at radius 3 is 2.55 bits per heavy atom. The zero-order valence-corrected chi connectivity index (χ0v) is 8.94. The van der Waals surface area contributed by atoms with E-state index in [0.717, 1.165) is 19.1 Å². The lowest BCUT2D eigenvalue weighted by atomic mass is 10.1. The highest BCUT2D eigenvalue weighted by Crippen LogP contribution is 2.35. The molecule has 1 rings (SSSR count). The minimum Gasteiger partial charge on any atom is -0.395 e. The van der Waals surface area contributed by atoms with E-state index in [1.807, 2.05) is 6.92 Å². The van der Waals surface area contributed by atoms with Crippen LogP contribution in [0.15, 0.2) is 0 Å². The molecule has 1 unspecified atom stereocenters. The van der Waals surface area contributed by atoms with Gasteiger partial charge in [-0.05, 0) is 39.8 Å². The van der Waals surface area contributed by atoms with Crippen molar-refractivity contribution in [2.45, 2.75) is 45.4 Å². The molecule has 0 aliphatic carbocycles. The Morgan fingerprint density at radius 2 is 2.18 bits per heavy atom. The molecule has 3 heteroatoms. The summed E-state index contributed by atoms with van der Waals surface area (Å²) < 4.78 is 11.5. The van der Waals surface area contributed by atoms with Crippen LogP contribution in [0.2, 0.25) is 12.6 Å². The van der Waals surface area contributed by atoms with Crippen molar-refractivity contribution in [1.29, 1.82) is 0 Å². The van der Waals surface area contributed by atoms with Gasteiger partial charge in [-0.2, -0.15) is 0 Å². The van der Waals surface area contributed by atoms with E-state index in [-0.39, 0.29) is 5.60 Å². The van der Waals surface area contributed by atoms with Gasteiger partial charge in [-0.3, -0.25) is 0 Å². The Bertz CT molecular complexity index is 147. The van der Waals surface area contributed by atoms with Crippen LogP contribution in [0.1, 0.15) is 27.2 Å². The van der Waals surface area contributed by atoms with Gasteiger partial charge in [0.2, 0.25) is 0 Å². The van der Waals surface area contributed by atoms with Crippen LogP contribution in [-0.2, 0) is 8.85 Å². The Labute approximate surface area is 70.1 Å². The summed E-state index contributed by atoms with van der Waals surface area (Å²) >= 11 is 0. The zero-order valence-electron chi connectivity index (χ0n) is 7.94. The number of hydrogen-bond donors (Lipinski definition) is 0. The third-order valence-corrected chi connectivity index (χ3v) is 5.16. The van der Waals surface area contributed by atoms with Gasteiger partial charge >= 0.3 is 8.56 Å². The van der Waals surface area contributed by atoms with Crippen molar-refractivity contribution in [2.75, 3.05) is 6.61 Å². The molecular formula is C8H18O2Si. The zero-order chi connectivity index (χ0) is 8.54. The smallest absolute Gasteiger partial charge is 0.335 e. The van der Waals surface area contributed by atoms with E-state index < -0.39 is 8.56 Å². The second-order valence-electron chi connectivity index (χ2n) is 3.93. The average molecular weight is 174 g/mol. The van der Waals surface area contributed by atoms with Crippen molar-refractivity contribution in [3.05, 3.63) is 0 Å². The standard InChI is InChI=1S/C8H18O2Si/c1-5-9-11(4)7-6-8(2,3)10-11/h5-7H2,1-4H3. The van der Waals surface area contributed by atoms with Gasteiger partial charge < -0.3 is 8.85 Å². The number of hydrogen-bond acceptors (Lipinski definition) is 2. The first kappa shape index (κ1) is 9.23. The summed E-state index contributed by atoms with van der Waals surface area (Å²) in [5, 5.41) is 0. The summed E-state index contributed by atoms with van der Waals surface area (Å²) in [4.78, 5) is 0. The molecule has 1 saturated heterocycles. The Hall–Kier alpha value is 0.137. The van der Waals surface area contributed by atoms with Crippen LogP contribution in [-0.4, -0.2) is 20.8 Å². The van der Waals surface area contributed by atoms with Gasteiger partial charge in [0.1, 0.15) is 0 Å². The molecule has 1 heterocycles. The lowest BCUT2D eigenvalue weighted by Crippen LogP contribution is -2.37. The first-order valence-corrected chi connectivity index (χ1v) is 6.84. The van der Waals surface area contributed by atoms with Gasteiger partial charge in [-0.25, -0.2) is 0 Å². The van der Waals surface area contributed by atoms with Gasteiger partial charge in [0.25, 0.3) is 0 Å². The molecule has 0 spiro atoms. The van der Waals surface area contributed by atoms with Crippen LogP contribution in [0.25, 0.3) is 0 Å². The van der Waals surface area contributed by atoms with Gasteiger partial charge in [0.15, 0.2) is 0 Å². The molecule has 0 aromatic carbocycles. The van der Waals surface area contributed by atoms with Crippen LogP contribution >= 0.6 is 0 Å². The van der Waals surface area contributed by atoms with Gasteiger partial charge in [-0.1, -0.05) is 0 Å². The monoisotopic (exact) mass is 174 g/mol. The molecule has 1 fully saturated rings. The fourth-order valence-electron chi connectivity index (χ4n) is 1.62. The van der Waals surface area contributed by atoms with E-state index in [0.29, 0.717) is 0 Å². The van der Waals surface area contributed by atoms with Crippen LogP contribution in [0.3, 0.4) is 0 Å². The summed E-state index contributed by atoms with van der Waals surface area (Å²) in [6.07, 6.45) is 1.15. The molecule has 11 heavy (non-hydrogen) atoms. The fourth-order valence-corrected chi connectivity index (χ4v) is 4.86. The van der Waals surface area contributed by atoms with Crippen molar-refractivity contribution in [1.82, 2.24) is 0 Å². The maximum Gasteiger partial charge on any atom is 0.335 e. The molecule has 1 aliphatic heterocycles. The van der Waals surface area contributed by atoms with E-state index in [9.17, 15) is 0 Å². The molecule has 1 aliphatic rings. The minimum atomic E-state index is -1.72. The first-order chi connectivity index (χ1) is 4.97. The van der Waals surface area contributed by atoms with Crippen LogP contribution in [0, 0.1) is 0 Å². The largest absolute Gasteiger partial charge is 0.395 e. The molecule has 0 bridgehead atoms. The van der Waals surface area contributed by atoms with E-state index in [1.165, 1.54) is 0 Å². The predicted molar refractivity (Wildman–Crippen MR) is 47.8 cm³/mol. The highest BCUT2D eigenvalue weighted by atomic mass is 28.4. The highest BCUT2D eigenvalue weighted by Gasteiger charge is 2.44. The topological polar surface area (TPSA) is 18.5 Å². The Kier molecular flexibility index (Phi) is 2.42. The fraction of sp³-hybridized carbons (Fsp3) is 1.00. The molecule has 1 atom stereocenters. The normalized spacial score (nSPS) is 36.0. The quantitative estimate of drug-likeness (QED) is 0.598. The van der Waals surface area contributed by atoms with E-state index in [4.69, 9.17) is 8.85 Å². The Balaban J connectivity index is 2.51. The van der Waals surface area contributed by atoms with Crippen LogP contribution in [0.4, 0.5) is 0 Å². The molecule has 0 amide bonds.